The second-order valence-corrected chi connectivity index (χ2v) is 3.65. The third-order valence-electron chi connectivity index (χ3n) is 2.55. The highest BCUT2D eigenvalue weighted by molar-refractivity contribution is 5.63. The molecule has 0 saturated carbocycles. The molecular weight excluding hydrogens is 178 g/mol. The maximum absolute atomic E-state index is 9.53. The van der Waals surface area contributed by atoms with Crippen molar-refractivity contribution in [2.75, 3.05) is 23.7 Å². The molecule has 1 aliphatic heterocycles. The molecule has 1 atom stereocenters. The van der Waals surface area contributed by atoms with Crippen LogP contribution in [0.5, 0.6) is 0 Å². The van der Waals surface area contributed by atoms with Crippen molar-refractivity contribution in [2.24, 2.45) is 0 Å². The lowest BCUT2D eigenvalue weighted by Gasteiger charge is -2.32. The number of pyridine rings is 1. The Morgan fingerprint density at radius 3 is 3.14 bits per heavy atom. The van der Waals surface area contributed by atoms with Crippen molar-refractivity contribution in [2.45, 2.75) is 18.9 Å². The van der Waals surface area contributed by atoms with Crippen molar-refractivity contribution in [3.63, 3.8) is 0 Å². The Morgan fingerprint density at radius 1 is 1.57 bits per heavy atom. The first kappa shape index (κ1) is 9.27. The summed E-state index contributed by atoms with van der Waals surface area (Å²) in [7, 11) is 0. The van der Waals surface area contributed by atoms with Crippen LogP contribution in [0.2, 0.25) is 0 Å². The van der Waals surface area contributed by atoms with E-state index in [9.17, 15) is 5.11 Å². The number of piperidine rings is 1. The number of hydrogen-bond acceptors (Lipinski definition) is 4. The molecular formula is C10H15N3O. The maximum Gasteiger partial charge on any atom is 0.146 e. The van der Waals surface area contributed by atoms with Gasteiger partial charge in [0.2, 0.25) is 0 Å². The zero-order chi connectivity index (χ0) is 9.97. The normalized spacial score (nSPS) is 22.4. The predicted molar refractivity (Wildman–Crippen MR) is 56.1 cm³/mol. The highest BCUT2D eigenvalue weighted by atomic mass is 16.3. The molecule has 0 bridgehead atoms. The largest absolute Gasteiger partial charge is 0.391 e. The zero-order valence-electron chi connectivity index (χ0n) is 8.06. The summed E-state index contributed by atoms with van der Waals surface area (Å²) in [6.45, 7) is 1.61. The van der Waals surface area contributed by atoms with Gasteiger partial charge >= 0.3 is 0 Å². The van der Waals surface area contributed by atoms with E-state index >= 15 is 0 Å². The number of rotatable bonds is 1. The maximum atomic E-state index is 9.53. The van der Waals surface area contributed by atoms with Crippen LogP contribution in [0.15, 0.2) is 18.3 Å². The Kier molecular flexibility index (Phi) is 2.54. The van der Waals surface area contributed by atoms with Gasteiger partial charge < -0.3 is 15.7 Å². The standard InChI is InChI=1S/C10H15N3O/c11-10-9(4-1-5-12-10)13-6-2-3-8(14)7-13/h1,4-5,8,14H,2-3,6-7H2,(H2,11,12). The van der Waals surface area contributed by atoms with E-state index in [1.165, 1.54) is 0 Å². The SMILES string of the molecule is Nc1ncccc1N1CCCC(O)C1. The van der Waals surface area contributed by atoms with Crippen molar-refractivity contribution in [3.8, 4) is 0 Å². The minimum Gasteiger partial charge on any atom is -0.391 e. The van der Waals surface area contributed by atoms with E-state index in [0.29, 0.717) is 12.4 Å². The van der Waals surface area contributed by atoms with Gasteiger partial charge in [0.15, 0.2) is 0 Å². The van der Waals surface area contributed by atoms with E-state index in [1.807, 2.05) is 12.1 Å². The Labute approximate surface area is 83.4 Å². The molecule has 14 heavy (non-hydrogen) atoms. The quantitative estimate of drug-likeness (QED) is 0.686. The Balaban J connectivity index is 2.18. The molecule has 4 nitrogen and oxygen atoms in total. The fourth-order valence-electron chi connectivity index (χ4n) is 1.85. The van der Waals surface area contributed by atoms with Crippen LogP contribution < -0.4 is 10.6 Å². The van der Waals surface area contributed by atoms with Crippen LogP contribution in [0.4, 0.5) is 11.5 Å². The summed E-state index contributed by atoms with van der Waals surface area (Å²) in [6, 6.07) is 3.81. The lowest BCUT2D eigenvalue weighted by atomic mass is 10.1. The van der Waals surface area contributed by atoms with Gasteiger partial charge in [-0.3, -0.25) is 0 Å². The fraction of sp³-hybridized carbons (Fsp3) is 0.500. The molecule has 1 aromatic rings. The van der Waals surface area contributed by atoms with E-state index in [0.717, 1.165) is 25.1 Å². The first-order chi connectivity index (χ1) is 6.77. The van der Waals surface area contributed by atoms with Gasteiger partial charge in [0.25, 0.3) is 0 Å². The molecule has 76 valence electrons. The molecule has 4 heteroatoms. The average Bonchev–Trinajstić information content (AvgIpc) is 2.18. The van der Waals surface area contributed by atoms with E-state index in [2.05, 4.69) is 9.88 Å². The molecule has 0 amide bonds. The smallest absolute Gasteiger partial charge is 0.146 e. The lowest BCUT2D eigenvalue weighted by Crippen LogP contribution is -2.38. The summed E-state index contributed by atoms with van der Waals surface area (Å²) in [6.07, 6.45) is 3.34. The summed E-state index contributed by atoms with van der Waals surface area (Å²) in [5, 5.41) is 9.53. The summed E-state index contributed by atoms with van der Waals surface area (Å²) in [5.74, 6) is 0.543. The van der Waals surface area contributed by atoms with Crippen LogP contribution in [0.25, 0.3) is 0 Å². The van der Waals surface area contributed by atoms with Gasteiger partial charge in [0.1, 0.15) is 5.82 Å². The van der Waals surface area contributed by atoms with Crippen molar-refractivity contribution in [1.29, 1.82) is 0 Å². The second-order valence-electron chi connectivity index (χ2n) is 3.65. The first-order valence-electron chi connectivity index (χ1n) is 4.91. The number of nitrogen functional groups attached to an aromatic ring is 1. The molecule has 0 aliphatic carbocycles. The Morgan fingerprint density at radius 2 is 2.43 bits per heavy atom. The fourth-order valence-corrected chi connectivity index (χ4v) is 1.85. The van der Waals surface area contributed by atoms with Crippen molar-refractivity contribution in [3.05, 3.63) is 18.3 Å². The van der Waals surface area contributed by atoms with E-state index in [1.54, 1.807) is 6.20 Å². The zero-order valence-corrected chi connectivity index (χ0v) is 8.06. The number of aromatic nitrogens is 1. The summed E-state index contributed by atoms with van der Waals surface area (Å²) >= 11 is 0. The topological polar surface area (TPSA) is 62.4 Å². The van der Waals surface area contributed by atoms with Crippen LogP contribution in [0.1, 0.15) is 12.8 Å². The van der Waals surface area contributed by atoms with Crippen LogP contribution in [-0.4, -0.2) is 29.3 Å². The van der Waals surface area contributed by atoms with Crippen molar-refractivity contribution < 1.29 is 5.11 Å². The van der Waals surface area contributed by atoms with Gasteiger partial charge in [-0.25, -0.2) is 4.98 Å². The Hall–Kier alpha value is -1.29. The predicted octanol–water partition coefficient (Wildman–Crippen LogP) is 0.625. The van der Waals surface area contributed by atoms with Crippen LogP contribution in [0, 0.1) is 0 Å². The third-order valence-corrected chi connectivity index (χ3v) is 2.55. The second kappa shape index (κ2) is 3.84. The lowest BCUT2D eigenvalue weighted by molar-refractivity contribution is 0.154. The minimum atomic E-state index is -0.233. The number of anilines is 2. The van der Waals surface area contributed by atoms with Gasteiger partial charge in [-0.05, 0) is 25.0 Å². The molecule has 0 spiro atoms. The summed E-state index contributed by atoms with van der Waals surface area (Å²) in [4.78, 5) is 6.13. The van der Waals surface area contributed by atoms with Crippen molar-refractivity contribution in [1.82, 2.24) is 4.98 Å². The minimum absolute atomic E-state index is 0.233. The molecule has 2 heterocycles. The number of aliphatic hydroxyl groups excluding tert-OH is 1. The molecule has 3 N–H and O–H groups in total. The van der Waals surface area contributed by atoms with Crippen LogP contribution >= 0.6 is 0 Å². The third kappa shape index (κ3) is 1.80. The molecule has 1 aliphatic rings. The summed E-state index contributed by atoms with van der Waals surface area (Å²) < 4.78 is 0. The van der Waals surface area contributed by atoms with Gasteiger partial charge in [-0.2, -0.15) is 0 Å². The van der Waals surface area contributed by atoms with Crippen molar-refractivity contribution >= 4 is 11.5 Å². The molecule has 1 saturated heterocycles. The van der Waals surface area contributed by atoms with Crippen LogP contribution in [0.3, 0.4) is 0 Å². The molecule has 1 unspecified atom stereocenters. The highest BCUT2D eigenvalue weighted by Crippen LogP contribution is 2.23. The van der Waals surface area contributed by atoms with Gasteiger partial charge in [0.05, 0.1) is 11.8 Å². The molecule has 0 radical (unpaired) electrons. The first-order valence-corrected chi connectivity index (χ1v) is 4.91. The number of hydrogen-bond donors (Lipinski definition) is 2. The molecule has 1 fully saturated rings. The number of nitrogens with two attached hydrogens (primary N) is 1. The molecule has 1 aromatic heterocycles. The monoisotopic (exact) mass is 193 g/mol. The highest BCUT2D eigenvalue weighted by Gasteiger charge is 2.19. The van der Waals surface area contributed by atoms with Crippen LogP contribution in [-0.2, 0) is 0 Å². The molecule has 0 aromatic carbocycles. The molecule has 2 rings (SSSR count). The Bertz CT molecular complexity index is 316. The number of β-amino-alcohol motifs (C(OH)–C–C–N with tert-alkyl or cyclic N) is 1. The number of nitrogens with zero attached hydrogens (tertiary/aromatic N) is 2. The average molecular weight is 193 g/mol. The van der Waals surface area contributed by atoms with E-state index in [-0.39, 0.29) is 6.10 Å². The van der Waals surface area contributed by atoms with E-state index < -0.39 is 0 Å². The van der Waals surface area contributed by atoms with Gasteiger partial charge in [-0.1, -0.05) is 0 Å². The van der Waals surface area contributed by atoms with Gasteiger partial charge in [0, 0.05) is 19.3 Å². The van der Waals surface area contributed by atoms with Gasteiger partial charge in [-0.15, -0.1) is 0 Å². The number of aliphatic hydroxyl groups is 1. The summed E-state index contributed by atoms with van der Waals surface area (Å²) in [5.41, 5.74) is 6.70. The van der Waals surface area contributed by atoms with E-state index in [4.69, 9.17) is 5.73 Å².